The quantitative estimate of drug-likeness (QED) is 0.253. The minimum atomic E-state index is 1.25. The van der Waals surface area contributed by atoms with Gasteiger partial charge in [-0.1, -0.05) is 91.0 Å². The molecule has 3 aromatic heterocycles. The van der Waals surface area contributed by atoms with Crippen LogP contribution in [0.15, 0.2) is 103 Å². The Kier molecular flexibility index (Phi) is 3.11. The summed E-state index contributed by atoms with van der Waals surface area (Å²) in [6.45, 7) is 0. The monoisotopic (exact) mass is 420 g/mol. The van der Waals surface area contributed by atoms with E-state index in [1.165, 1.54) is 71.0 Å². The van der Waals surface area contributed by atoms with Crippen LogP contribution in [0, 0.1) is 0 Å². The summed E-state index contributed by atoms with van der Waals surface area (Å²) < 4.78 is 4.89. The van der Waals surface area contributed by atoms with E-state index in [2.05, 4.69) is 119 Å². The average Bonchev–Trinajstić information content (AvgIpc) is 3.49. The number of fused-ring (bicyclic) bond motifs is 10. The van der Waals surface area contributed by atoms with Gasteiger partial charge in [-0.05, 0) is 23.3 Å². The van der Waals surface area contributed by atoms with Crippen LogP contribution < -0.4 is 0 Å². The van der Waals surface area contributed by atoms with E-state index < -0.39 is 0 Å². The zero-order valence-electron chi connectivity index (χ0n) is 18.2. The third kappa shape index (κ3) is 2.04. The second-order valence-electron chi connectivity index (χ2n) is 9.07. The molecule has 0 spiro atoms. The number of rotatable bonds is 1. The summed E-state index contributed by atoms with van der Waals surface area (Å²) in [5.74, 6) is 0. The molecule has 0 atom stereocenters. The van der Waals surface area contributed by atoms with Gasteiger partial charge in [0.2, 0.25) is 0 Å². The molecule has 0 aliphatic carbocycles. The molecule has 8 rings (SSSR count). The Hall–Kier alpha value is -4.30. The van der Waals surface area contributed by atoms with Crippen molar-refractivity contribution in [2.24, 2.45) is 7.05 Å². The van der Waals surface area contributed by atoms with Crippen LogP contribution in [0.25, 0.3) is 71.0 Å². The second kappa shape index (κ2) is 5.93. The van der Waals surface area contributed by atoms with Crippen LogP contribution in [0.1, 0.15) is 0 Å². The standard InChI is InChI=1S/C31H20N2/c1-32-27-13-6-5-10-21(27)25-16-17-26-24-12-7-11-23-22-15-14-20(19-8-3-2-4-9-19)18-28(22)33(29(23)24)31(26)30(25)32/h2-18H,1H3. The van der Waals surface area contributed by atoms with Gasteiger partial charge < -0.3 is 8.97 Å². The molecule has 0 amide bonds. The fraction of sp³-hybridized carbons (Fsp3) is 0.0323. The molecular weight excluding hydrogens is 400 g/mol. The third-order valence-corrected chi connectivity index (χ3v) is 7.45. The summed E-state index contributed by atoms with van der Waals surface area (Å²) in [4.78, 5) is 0. The molecule has 0 aliphatic rings. The zero-order chi connectivity index (χ0) is 21.7. The van der Waals surface area contributed by atoms with Crippen LogP contribution in [0.2, 0.25) is 0 Å². The molecule has 0 aliphatic heterocycles. The maximum atomic E-state index is 2.52. The van der Waals surface area contributed by atoms with Crippen molar-refractivity contribution in [1.29, 1.82) is 0 Å². The van der Waals surface area contributed by atoms with Crippen molar-refractivity contribution in [1.82, 2.24) is 8.97 Å². The number of hydrogen-bond donors (Lipinski definition) is 0. The van der Waals surface area contributed by atoms with E-state index in [-0.39, 0.29) is 0 Å². The van der Waals surface area contributed by atoms with Crippen molar-refractivity contribution in [3.63, 3.8) is 0 Å². The van der Waals surface area contributed by atoms with Gasteiger partial charge in [-0.15, -0.1) is 0 Å². The molecule has 2 nitrogen and oxygen atoms in total. The lowest BCUT2D eigenvalue weighted by Crippen LogP contribution is -1.90. The first-order valence-corrected chi connectivity index (χ1v) is 11.4. The number of hydrogen-bond acceptors (Lipinski definition) is 0. The maximum Gasteiger partial charge on any atom is 0.0785 e. The van der Waals surface area contributed by atoms with E-state index in [9.17, 15) is 0 Å². The van der Waals surface area contributed by atoms with Crippen LogP contribution in [0.3, 0.4) is 0 Å². The molecule has 0 bridgehead atoms. The van der Waals surface area contributed by atoms with Crippen LogP contribution >= 0.6 is 0 Å². The summed E-state index contributed by atoms with van der Waals surface area (Å²) >= 11 is 0. The maximum absolute atomic E-state index is 2.52. The van der Waals surface area contributed by atoms with Crippen LogP contribution in [-0.4, -0.2) is 8.97 Å². The molecule has 2 heteroatoms. The minimum absolute atomic E-state index is 1.25. The highest BCUT2D eigenvalue weighted by atomic mass is 15.0. The lowest BCUT2D eigenvalue weighted by atomic mass is 10.0. The first-order chi connectivity index (χ1) is 16.3. The molecule has 0 radical (unpaired) electrons. The van der Waals surface area contributed by atoms with Crippen LogP contribution in [-0.2, 0) is 7.05 Å². The Morgan fingerprint density at radius 1 is 0.424 bits per heavy atom. The minimum Gasteiger partial charge on any atom is -0.342 e. The molecule has 33 heavy (non-hydrogen) atoms. The Labute approximate surface area is 190 Å². The van der Waals surface area contributed by atoms with E-state index in [1.54, 1.807) is 0 Å². The second-order valence-corrected chi connectivity index (χ2v) is 9.07. The lowest BCUT2D eigenvalue weighted by molar-refractivity contribution is 1.02. The van der Waals surface area contributed by atoms with Gasteiger partial charge in [-0.3, -0.25) is 0 Å². The summed E-state index contributed by atoms with van der Waals surface area (Å²) in [6.07, 6.45) is 0. The topological polar surface area (TPSA) is 9.34 Å². The Morgan fingerprint density at radius 2 is 1.03 bits per heavy atom. The SMILES string of the molecule is Cn1c2ccccc2c2ccc3c4cccc5c6ccc(-c7ccccc7)cc6n(c54)c3c21. The van der Waals surface area contributed by atoms with E-state index >= 15 is 0 Å². The molecule has 0 unspecified atom stereocenters. The van der Waals surface area contributed by atoms with Crippen molar-refractivity contribution in [2.75, 3.05) is 0 Å². The first kappa shape index (κ1) is 17.3. The first-order valence-electron chi connectivity index (χ1n) is 11.4. The number of nitrogens with zero attached hydrogens (tertiary/aromatic N) is 2. The highest BCUT2D eigenvalue weighted by Crippen LogP contribution is 2.43. The Bertz CT molecular complexity index is 2020. The predicted molar refractivity (Wildman–Crippen MR) is 141 cm³/mol. The van der Waals surface area contributed by atoms with E-state index in [0.29, 0.717) is 0 Å². The number of aromatic nitrogens is 2. The van der Waals surface area contributed by atoms with Crippen molar-refractivity contribution >= 4 is 59.9 Å². The van der Waals surface area contributed by atoms with Gasteiger partial charge in [0.1, 0.15) is 0 Å². The molecule has 5 aromatic carbocycles. The molecule has 0 fully saturated rings. The van der Waals surface area contributed by atoms with Crippen LogP contribution in [0.4, 0.5) is 0 Å². The molecule has 0 saturated carbocycles. The Morgan fingerprint density at radius 3 is 1.88 bits per heavy atom. The fourth-order valence-electron chi connectivity index (χ4n) is 6.02. The summed E-state index contributed by atoms with van der Waals surface area (Å²) in [6, 6.07) is 37.7. The van der Waals surface area contributed by atoms with Gasteiger partial charge in [-0.2, -0.15) is 0 Å². The summed E-state index contributed by atoms with van der Waals surface area (Å²) in [5.41, 5.74) is 8.97. The molecular formula is C31H20N2. The third-order valence-electron chi connectivity index (χ3n) is 7.45. The van der Waals surface area contributed by atoms with E-state index in [1.807, 2.05) is 0 Å². The number of para-hydroxylation sites is 2. The van der Waals surface area contributed by atoms with Crippen molar-refractivity contribution in [3.05, 3.63) is 103 Å². The van der Waals surface area contributed by atoms with Gasteiger partial charge in [0.15, 0.2) is 0 Å². The van der Waals surface area contributed by atoms with Gasteiger partial charge in [0, 0.05) is 44.9 Å². The van der Waals surface area contributed by atoms with Crippen molar-refractivity contribution in [3.8, 4) is 11.1 Å². The summed E-state index contributed by atoms with van der Waals surface area (Å²) in [7, 11) is 2.20. The van der Waals surface area contributed by atoms with E-state index in [0.717, 1.165) is 0 Å². The molecule has 0 saturated heterocycles. The smallest absolute Gasteiger partial charge is 0.0785 e. The largest absolute Gasteiger partial charge is 0.342 e. The zero-order valence-corrected chi connectivity index (χ0v) is 18.2. The molecule has 0 N–H and O–H groups in total. The normalized spacial score (nSPS) is 12.4. The van der Waals surface area contributed by atoms with Crippen LogP contribution in [0.5, 0.6) is 0 Å². The molecule has 3 heterocycles. The highest BCUT2D eigenvalue weighted by Gasteiger charge is 2.21. The van der Waals surface area contributed by atoms with E-state index in [4.69, 9.17) is 0 Å². The Balaban J connectivity index is 1.66. The number of aryl methyl sites for hydroxylation is 1. The molecule has 154 valence electrons. The fourth-order valence-corrected chi connectivity index (χ4v) is 6.02. The van der Waals surface area contributed by atoms with Gasteiger partial charge in [0.05, 0.1) is 22.1 Å². The van der Waals surface area contributed by atoms with Gasteiger partial charge in [-0.25, -0.2) is 0 Å². The van der Waals surface area contributed by atoms with Gasteiger partial charge in [0.25, 0.3) is 0 Å². The van der Waals surface area contributed by atoms with Crippen molar-refractivity contribution < 1.29 is 0 Å². The predicted octanol–water partition coefficient (Wildman–Crippen LogP) is 8.15. The van der Waals surface area contributed by atoms with Gasteiger partial charge >= 0.3 is 0 Å². The highest BCUT2D eigenvalue weighted by molar-refractivity contribution is 6.29. The number of benzene rings is 5. The summed E-state index contributed by atoms with van der Waals surface area (Å²) in [5, 5.41) is 7.91. The molecule has 8 aromatic rings. The lowest BCUT2D eigenvalue weighted by Gasteiger charge is -2.05. The average molecular weight is 421 g/mol. The van der Waals surface area contributed by atoms with Crippen molar-refractivity contribution in [2.45, 2.75) is 0 Å².